The quantitative estimate of drug-likeness (QED) is 0.837. The Bertz CT molecular complexity index is 468. The Morgan fingerprint density at radius 1 is 1.29 bits per heavy atom. The third-order valence-electron chi connectivity index (χ3n) is 1.78. The largest absolute Gasteiger partial charge is 0.284 e. The Morgan fingerprint density at radius 2 is 2.07 bits per heavy atom. The Balaban J connectivity index is 2.62. The number of aromatic nitrogens is 2. The molecule has 2 nitrogen and oxygen atoms in total. The van der Waals surface area contributed by atoms with E-state index in [1.807, 2.05) is 0 Å². The lowest BCUT2D eigenvalue weighted by atomic mass is 10.1. The molecule has 0 aliphatic carbocycles. The van der Waals surface area contributed by atoms with E-state index in [2.05, 4.69) is 26.1 Å². The van der Waals surface area contributed by atoms with Crippen LogP contribution in [0, 0.1) is 11.6 Å². The van der Waals surface area contributed by atoms with Gasteiger partial charge in [0.1, 0.15) is 17.3 Å². The van der Waals surface area contributed by atoms with Crippen LogP contribution in [-0.4, -0.2) is 10.2 Å². The van der Waals surface area contributed by atoms with Gasteiger partial charge in [0.25, 0.3) is 0 Å². The van der Waals surface area contributed by atoms with E-state index in [9.17, 15) is 8.78 Å². The summed E-state index contributed by atoms with van der Waals surface area (Å²) in [6, 6.07) is 3.25. The van der Waals surface area contributed by atoms with Gasteiger partial charge in [0.2, 0.25) is 0 Å². The van der Waals surface area contributed by atoms with Crippen molar-refractivity contribution in [3.05, 3.63) is 40.5 Å². The molecule has 1 N–H and O–H groups in total. The molecule has 2 rings (SSSR count). The Morgan fingerprint density at radius 3 is 2.71 bits per heavy atom. The van der Waals surface area contributed by atoms with Crippen molar-refractivity contribution in [1.29, 1.82) is 0 Å². The summed E-state index contributed by atoms with van der Waals surface area (Å²) in [6.45, 7) is 0. The number of aromatic amines is 1. The van der Waals surface area contributed by atoms with Gasteiger partial charge >= 0.3 is 0 Å². The first-order chi connectivity index (χ1) is 6.68. The summed E-state index contributed by atoms with van der Waals surface area (Å²) in [4.78, 5) is 0. The molecule has 0 amide bonds. The van der Waals surface area contributed by atoms with Crippen LogP contribution >= 0.6 is 15.9 Å². The van der Waals surface area contributed by atoms with Crippen LogP contribution < -0.4 is 0 Å². The Kier molecular flexibility index (Phi) is 2.33. The molecule has 0 unspecified atom stereocenters. The van der Waals surface area contributed by atoms with Gasteiger partial charge in [0.05, 0.1) is 4.47 Å². The summed E-state index contributed by atoms with van der Waals surface area (Å²) in [5.74, 6) is -0.990. The third kappa shape index (κ3) is 1.55. The molecule has 0 spiro atoms. The smallest absolute Gasteiger partial charge is 0.132 e. The van der Waals surface area contributed by atoms with Crippen molar-refractivity contribution in [1.82, 2.24) is 10.2 Å². The van der Waals surface area contributed by atoms with Crippen LogP contribution in [0.15, 0.2) is 28.9 Å². The van der Waals surface area contributed by atoms with E-state index in [1.165, 1.54) is 0 Å². The Labute approximate surface area is 87.1 Å². The topological polar surface area (TPSA) is 28.7 Å². The van der Waals surface area contributed by atoms with E-state index in [4.69, 9.17) is 0 Å². The van der Waals surface area contributed by atoms with Crippen LogP contribution in [0.2, 0.25) is 0 Å². The average molecular weight is 259 g/mol. The van der Waals surface area contributed by atoms with Gasteiger partial charge in [-0.25, -0.2) is 8.78 Å². The molecule has 0 atom stereocenters. The second-order valence-corrected chi connectivity index (χ2v) is 3.56. The summed E-state index contributed by atoms with van der Waals surface area (Å²) < 4.78 is 26.7. The van der Waals surface area contributed by atoms with Crippen molar-refractivity contribution in [2.75, 3.05) is 0 Å². The first kappa shape index (κ1) is 9.33. The van der Waals surface area contributed by atoms with E-state index in [0.29, 0.717) is 10.2 Å². The van der Waals surface area contributed by atoms with E-state index < -0.39 is 11.6 Å². The zero-order valence-corrected chi connectivity index (χ0v) is 8.48. The molecule has 72 valence electrons. The van der Waals surface area contributed by atoms with E-state index in [-0.39, 0.29) is 5.56 Å². The zero-order valence-electron chi connectivity index (χ0n) is 6.89. The van der Waals surface area contributed by atoms with E-state index in [1.54, 1.807) is 6.20 Å². The first-order valence-corrected chi connectivity index (χ1v) is 4.62. The monoisotopic (exact) mass is 258 g/mol. The SMILES string of the molecule is Fc1ccc(F)c(-c2n[nH]cc2Br)c1. The standard InChI is InChI=1S/C9H5BrF2N2/c10-7-4-13-14-9(7)6-3-5(11)1-2-8(6)12/h1-4H,(H,13,14). The average Bonchev–Trinajstić information content (AvgIpc) is 2.56. The summed E-state index contributed by atoms with van der Waals surface area (Å²) >= 11 is 3.18. The molecule has 1 aromatic heterocycles. The van der Waals surface area contributed by atoms with Gasteiger partial charge in [-0.3, -0.25) is 5.10 Å². The fourth-order valence-corrected chi connectivity index (χ4v) is 1.55. The number of hydrogen-bond acceptors (Lipinski definition) is 1. The predicted molar refractivity (Wildman–Crippen MR) is 51.6 cm³/mol. The maximum absolute atomic E-state index is 13.3. The van der Waals surface area contributed by atoms with Crippen LogP contribution in [0.1, 0.15) is 0 Å². The minimum absolute atomic E-state index is 0.137. The lowest BCUT2D eigenvalue weighted by Crippen LogP contribution is -1.87. The highest BCUT2D eigenvalue weighted by molar-refractivity contribution is 9.10. The van der Waals surface area contributed by atoms with Crippen LogP contribution in [0.5, 0.6) is 0 Å². The van der Waals surface area contributed by atoms with Crippen molar-refractivity contribution in [3.8, 4) is 11.3 Å². The van der Waals surface area contributed by atoms with Crippen molar-refractivity contribution in [3.63, 3.8) is 0 Å². The van der Waals surface area contributed by atoms with Crippen LogP contribution in [0.25, 0.3) is 11.3 Å². The molecule has 0 aliphatic rings. The maximum Gasteiger partial charge on any atom is 0.132 e. The summed E-state index contributed by atoms with van der Waals surface area (Å²) in [5, 5.41) is 6.37. The van der Waals surface area contributed by atoms with Gasteiger partial charge in [-0.2, -0.15) is 5.10 Å². The molecule has 1 heterocycles. The number of hydrogen-bond donors (Lipinski definition) is 1. The third-order valence-corrected chi connectivity index (χ3v) is 2.38. The molecule has 5 heteroatoms. The normalized spacial score (nSPS) is 10.5. The molecule has 0 aliphatic heterocycles. The highest BCUT2D eigenvalue weighted by atomic mass is 79.9. The predicted octanol–water partition coefficient (Wildman–Crippen LogP) is 3.12. The van der Waals surface area contributed by atoms with Crippen molar-refractivity contribution in [2.45, 2.75) is 0 Å². The van der Waals surface area contributed by atoms with Gasteiger partial charge < -0.3 is 0 Å². The molecular formula is C9H5BrF2N2. The molecule has 0 radical (unpaired) electrons. The van der Waals surface area contributed by atoms with Crippen LogP contribution in [-0.2, 0) is 0 Å². The van der Waals surface area contributed by atoms with Crippen LogP contribution in [0.4, 0.5) is 8.78 Å². The van der Waals surface area contributed by atoms with Crippen molar-refractivity contribution < 1.29 is 8.78 Å². The number of halogens is 3. The maximum atomic E-state index is 13.3. The molecule has 2 aromatic rings. The van der Waals surface area contributed by atoms with Crippen molar-refractivity contribution >= 4 is 15.9 Å². The lowest BCUT2D eigenvalue weighted by molar-refractivity contribution is 0.602. The van der Waals surface area contributed by atoms with Gasteiger partial charge in [-0.15, -0.1) is 0 Å². The fourth-order valence-electron chi connectivity index (χ4n) is 1.14. The molecule has 0 saturated heterocycles. The van der Waals surface area contributed by atoms with Crippen LogP contribution in [0.3, 0.4) is 0 Å². The van der Waals surface area contributed by atoms with E-state index >= 15 is 0 Å². The molecule has 1 aromatic carbocycles. The number of H-pyrrole nitrogens is 1. The first-order valence-electron chi connectivity index (χ1n) is 3.83. The van der Waals surface area contributed by atoms with Gasteiger partial charge in [-0.05, 0) is 34.1 Å². The number of rotatable bonds is 1. The second-order valence-electron chi connectivity index (χ2n) is 2.71. The fraction of sp³-hybridized carbons (Fsp3) is 0. The minimum atomic E-state index is -0.501. The molecule has 0 bridgehead atoms. The molecule has 14 heavy (non-hydrogen) atoms. The molecular weight excluding hydrogens is 254 g/mol. The lowest BCUT2D eigenvalue weighted by Gasteiger charge is -1.99. The van der Waals surface area contributed by atoms with Gasteiger partial charge in [-0.1, -0.05) is 0 Å². The molecule has 0 saturated carbocycles. The minimum Gasteiger partial charge on any atom is -0.284 e. The summed E-state index contributed by atoms with van der Waals surface area (Å²) in [5.41, 5.74) is 0.500. The second kappa shape index (κ2) is 3.49. The highest BCUT2D eigenvalue weighted by Crippen LogP contribution is 2.28. The number of nitrogens with one attached hydrogen (secondary N) is 1. The van der Waals surface area contributed by atoms with E-state index in [0.717, 1.165) is 18.2 Å². The summed E-state index contributed by atoms with van der Waals surface area (Å²) in [7, 11) is 0. The number of nitrogens with zero attached hydrogens (tertiary/aromatic N) is 1. The Hall–Kier alpha value is -1.23. The van der Waals surface area contributed by atoms with Gasteiger partial charge in [0.15, 0.2) is 0 Å². The highest BCUT2D eigenvalue weighted by Gasteiger charge is 2.11. The van der Waals surface area contributed by atoms with Crippen molar-refractivity contribution in [2.24, 2.45) is 0 Å². The number of benzene rings is 1. The van der Waals surface area contributed by atoms with Gasteiger partial charge in [0, 0.05) is 11.8 Å². The molecule has 0 fully saturated rings. The summed E-state index contributed by atoms with van der Waals surface area (Å²) in [6.07, 6.45) is 1.56. The zero-order chi connectivity index (χ0) is 10.1.